The molecule has 2 aliphatic rings. The third kappa shape index (κ3) is 3.31. The van der Waals surface area contributed by atoms with Gasteiger partial charge in [-0.15, -0.1) is 0 Å². The molecule has 2 heterocycles. The molecule has 0 saturated carbocycles. The second kappa shape index (κ2) is 7.50. The Kier molecular flexibility index (Phi) is 4.67. The van der Waals surface area contributed by atoms with Gasteiger partial charge in [0.1, 0.15) is 6.54 Å². The van der Waals surface area contributed by atoms with Crippen LogP contribution in [0.15, 0.2) is 71.2 Å². The average Bonchev–Trinajstić information content (AvgIpc) is 3.17. The van der Waals surface area contributed by atoms with E-state index < -0.39 is 6.04 Å². The summed E-state index contributed by atoms with van der Waals surface area (Å²) in [6, 6.07) is 20.0. The van der Waals surface area contributed by atoms with Crippen LogP contribution in [-0.4, -0.2) is 30.1 Å². The minimum absolute atomic E-state index is 0.0703. The maximum absolute atomic E-state index is 13.6. The molecule has 1 N–H and O–H groups in total. The highest BCUT2D eigenvalue weighted by atomic mass is 79.9. The average molecular weight is 465 g/mol. The van der Waals surface area contributed by atoms with Crippen molar-refractivity contribution in [2.45, 2.75) is 6.04 Å². The number of anilines is 1. The van der Waals surface area contributed by atoms with Gasteiger partial charge < -0.3 is 19.7 Å². The van der Waals surface area contributed by atoms with Crippen LogP contribution in [0.2, 0.25) is 0 Å². The van der Waals surface area contributed by atoms with Gasteiger partial charge in [0.25, 0.3) is 5.91 Å². The summed E-state index contributed by atoms with van der Waals surface area (Å²) in [5, 5.41) is 2.93. The van der Waals surface area contributed by atoms with Crippen molar-refractivity contribution < 1.29 is 19.1 Å². The first-order chi connectivity index (χ1) is 14.6. The first-order valence-corrected chi connectivity index (χ1v) is 10.2. The van der Waals surface area contributed by atoms with E-state index in [1.807, 2.05) is 48.5 Å². The van der Waals surface area contributed by atoms with E-state index in [2.05, 4.69) is 21.2 Å². The molecule has 0 aromatic heterocycles. The number of hydrogen-bond donors (Lipinski definition) is 1. The molecule has 30 heavy (non-hydrogen) atoms. The lowest BCUT2D eigenvalue weighted by atomic mass is 9.95. The topological polar surface area (TPSA) is 67.9 Å². The fraction of sp³-hybridized carbons (Fsp3) is 0.130. The summed E-state index contributed by atoms with van der Waals surface area (Å²) in [7, 11) is 0. The summed E-state index contributed by atoms with van der Waals surface area (Å²) in [4.78, 5) is 27.9. The molecule has 3 aromatic rings. The molecule has 0 spiro atoms. The molecule has 5 rings (SSSR count). The van der Waals surface area contributed by atoms with Gasteiger partial charge in [-0.25, -0.2) is 0 Å². The van der Waals surface area contributed by atoms with E-state index in [4.69, 9.17) is 9.47 Å². The highest BCUT2D eigenvalue weighted by Gasteiger charge is 2.34. The monoisotopic (exact) mass is 464 g/mol. The van der Waals surface area contributed by atoms with Gasteiger partial charge in [-0.3, -0.25) is 9.59 Å². The summed E-state index contributed by atoms with van der Waals surface area (Å²) in [5.41, 5.74) is 2.89. The van der Waals surface area contributed by atoms with Gasteiger partial charge in [-0.05, 0) is 42.0 Å². The Hall–Kier alpha value is -3.32. The van der Waals surface area contributed by atoms with Gasteiger partial charge in [0.15, 0.2) is 11.5 Å². The highest BCUT2D eigenvalue weighted by molar-refractivity contribution is 9.10. The smallest absolute Gasteiger partial charge is 0.255 e. The van der Waals surface area contributed by atoms with E-state index in [-0.39, 0.29) is 25.2 Å². The van der Waals surface area contributed by atoms with Crippen molar-refractivity contribution in [3.63, 3.8) is 0 Å². The number of fused-ring (bicyclic) bond motifs is 2. The van der Waals surface area contributed by atoms with Gasteiger partial charge in [-0.2, -0.15) is 0 Å². The van der Waals surface area contributed by atoms with Crippen molar-refractivity contribution in [3.8, 4) is 11.5 Å². The van der Waals surface area contributed by atoms with Crippen molar-refractivity contribution in [3.05, 3.63) is 87.9 Å². The molecule has 3 aromatic carbocycles. The molecular weight excluding hydrogens is 448 g/mol. The Labute approximate surface area is 181 Å². The number of nitrogens with zero attached hydrogens (tertiary/aromatic N) is 1. The van der Waals surface area contributed by atoms with E-state index in [1.165, 1.54) is 0 Å². The second-order valence-electron chi connectivity index (χ2n) is 7.09. The van der Waals surface area contributed by atoms with Crippen LogP contribution in [0.5, 0.6) is 11.5 Å². The van der Waals surface area contributed by atoms with E-state index in [9.17, 15) is 9.59 Å². The quantitative estimate of drug-likeness (QED) is 0.611. The van der Waals surface area contributed by atoms with Crippen molar-refractivity contribution in [2.24, 2.45) is 0 Å². The van der Waals surface area contributed by atoms with Gasteiger partial charge in [-0.1, -0.05) is 46.3 Å². The predicted molar refractivity (Wildman–Crippen MR) is 115 cm³/mol. The fourth-order valence-electron chi connectivity index (χ4n) is 3.86. The van der Waals surface area contributed by atoms with Crippen molar-refractivity contribution in [1.82, 2.24) is 4.90 Å². The normalized spacial score (nSPS) is 17.2. The minimum Gasteiger partial charge on any atom is -0.454 e. The Morgan fingerprint density at radius 1 is 1.00 bits per heavy atom. The predicted octanol–water partition coefficient (Wildman–Crippen LogP) is 4.36. The first kappa shape index (κ1) is 18.7. The number of amides is 2. The van der Waals surface area contributed by atoms with Gasteiger partial charge in [0.2, 0.25) is 12.7 Å². The summed E-state index contributed by atoms with van der Waals surface area (Å²) in [6.07, 6.45) is 0. The minimum atomic E-state index is -0.435. The van der Waals surface area contributed by atoms with Crippen LogP contribution >= 0.6 is 15.9 Å². The summed E-state index contributed by atoms with van der Waals surface area (Å²) >= 11 is 3.52. The Morgan fingerprint density at radius 2 is 1.80 bits per heavy atom. The Bertz CT molecular complexity index is 1150. The van der Waals surface area contributed by atoms with Gasteiger partial charge in [0, 0.05) is 21.3 Å². The number of carbonyl (C=O) groups is 2. The standard InChI is InChI=1S/C23H17BrN2O4/c24-16-7-8-18-17(11-16)22(14-4-2-1-3-5-14)26(12-21(27)25-18)23(28)15-6-9-19-20(10-15)30-13-29-19/h1-11,22H,12-13H2,(H,25,27). The van der Waals surface area contributed by atoms with Crippen LogP contribution < -0.4 is 14.8 Å². The Morgan fingerprint density at radius 3 is 2.63 bits per heavy atom. The summed E-state index contributed by atoms with van der Waals surface area (Å²) in [6.45, 7) is 0.0618. The molecule has 6 nitrogen and oxygen atoms in total. The SMILES string of the molecule is O=C1CN(C(=O)c2ccc3c(c2)OCO3)C(c2ccccc2)c2cc(Br)ccc2N1. The maximum atomic E-state index is 13.6. The zero-order valence-corrected chi connectivity index (χ0v) is 17.4. The number of benzene rings is 3. The highest BCUT2D eigenvalue weighted by Crippen LogP contribution is 2.39. The molecule has 7 heteroatoms. The molecule has 1 unspecified atom stereocenters. The molecule has 0 bridgehead atoms. The van der Waals surface area contributed by atoms with Crippen LogP contribution in [0.1, 0.15) is 27.5 Å². The maximum Gasteiger partial charge on any atom is 0.255 e. The fourth-order valence-corrected chi connectivity index (χ4v) is 4.24. The van der Waals surface area contributed by atoms with Crippen LogP contribution in [0.3, 0.4) is 0 Å². The van der Waals surface area contributed by atoms with Crippen LogP contribution in [-0.2, 0) is 4.79 Å². The number of carbonyl (C=O) groups excluding carboxylic acids is 2. The summed E-state index contributed by atoms with van der Waals surface area (Å²) < 4.78 is 11.6. The van der Waals surface area contributed by atoms with Crippen LogP contribution in [0.4, 0.5) is 5.69 Å². The first-order valence-electron chi connectivity index (χ1n) is 9.45. The number of ether oxygens (including phenoxy) is 2. The van der Waals surface area contributed by atoms with Gasteiger partial charge in [0.05, 0.1) is 6.04 Å². The Balaban J connectivity index is 1.64. The number of nitrogens with one attached hydrogen (secondary N) is 1. The molecule has 2 aliphatic heterocycles. The number of rotatable bonds is 2. The lowest BCUT2D eigenvalue weighted by molar-refractivity contribution is -0.117. The third-order valence-corrected chi connectivity index (χ3v) is 5.70. The van der Waals surface area contributed by atoms with Crippen molar-refractivity contribution in [2.75, 3.05) is 18.7 Å². The van der Waals surface area contributed by atoms with E-state index >= 15 is 0 Å². The van der Waals surface area contributed by atoms with Crippen LogP contribution in [0.25, 0.3) is 0 Å². The molecule has 0 aliphatic carbocycles. The molecule has 150 valence electrons. The lowest BCUT2D eigenvalue weighted by Crippen LogP contribution is -2.39. The van der Waals surface area contributed by atoms with E-state index in [0.717, 1.165) is 15.6 Å². The number of halogens is 1. The summed E-state index contributed by atoms with van der Waals surface area (Å²) in [5.74, 6) is 0.629. The zero-order valence-electron chi connectivity index (χ0n) is 15.8. The van der Waals surface area contributed by atoms with Crippen molar-refractivity contribution in [1.29, 1.82) is 0 Å². The molecule has 0 fully saturated rings. The molecule has 1 atom stereocenters. The lowest BCUT2D eigenvalue weighted by Gasteiger charge is -2.30. The van der Waals surface area contributed by atoms with Crippen molar-refractivity contribution >= 4 is 33.4 Å². The number of hydrogen-bond acceptors (Lipinski definition) is 4. The molecule has 0 radical (unpaired) electrons. The molecule has 2 amide bonds. The molecular formula is C23H17BrN2O4. The van der Waals surface area contributed by atoms with Crippen LogP contribution in [0, 0.1) is 0 Å². The molecule has 0 saturated heterocycles. The second-order valence-corrected chi connectivity index (χ2v) is 8.01. The van der Waals surface area contributed by atoms with E-state index in [0.29, 0.717) is 22.7 Å². The van der Waals surface area contributed by atoms with E-state index in [1.54, 1.807) is 23.1 Å². The zero-order chi connectivity index (χ0) is 20.7. The largest absolute Gasteiger partial charge is 0.454 e. The third-order valence-electron chi connectivity index (χ3n) is 5.20. The van der Waals surface area contributed by atoms with Gasteiger partial charge >= 0.3 is 0 Å².